The van der Waals surface area contributed by atoms with Crippen LogP contribution >= 0.6 is 0 Å². The summed E-state index contributed by atoms with van der Waals surface area (Å²) in [7, 11) is 0. The average molecular weight is 272 g/mol. The molecule has 1 saturated carbocycles. The molecule has 1 amide bonds. The van der Waals surface area contributed by atoms with Crippen molar-refractivity contribution < 1.29 is 9.32 Å². The zero-order valence-electron chi connectivity index (χ0n) is 11.8. The minimum absolute atomic E-state index is 0.148. The number of aromatic nitrogens is 1. The molecular formula is C16H20N2O2. The van der Waals surface area contributed by atoms with Crippen LogP contribution in [0.2, 0.25) is 0 Å². The van der Waals surface area contributed by atoms with E-state index in [0.717, 1.165) is 35.4 Å². The van der Waals surface area contributed by atoms with E-state index in [4.69, 9.17) is 4.52 Å². The quantitative estimate of drug-likeness (QED) is 0.919. The minimum atomic E-state index is 0.148. The molecule has 106 valence electrons. The van der Waals surface area contributed by atoms with Crippen LogP contribution in [-0.2, 0) is 4.79 Å². The predicted octanol–water partition coefficient (Wildman–Crippen LogP) is 3.98. The summed E-state index contributed by atoms with van der Waals surface area (Å²) in [6, 6.07) is 5.61. The van der Waals surface area contributed by atoms with Crippen molar-refractivity contribution in [2.75, 3.05) is 5.32 Å². The fourth-order valence-corrected chi connectivity index (χ4v) is 3.03. The number of carbonyl (C=O) groups excluding carboxylic acids is 1. The molecule has 0 atom stereocenters. The van der Waals surface area contributed by atoms with Crippen molar-refractivity contribution in [2.45, 2.75) is 39.0 Å². The van der Waals surface area contributed by atoms with Gasteiger partial charge in [0.1, 0.15) is 0 Å². The summed E-state index contributed by atoms with van der Waals surface area (Å²) in [6.45, 7) is 2.24. The van der Waals surface area contributed by atoms with Crippen LogP contribution in [0, 0.1) is 11.8 Å². The number of anilines is 1. The number of nitrogens with one attached hydrogen (secondary N) is 1. The van der Waals surface area contributed by atoms with E-state index < -0.39 is 0 Å². The molecule has 0 radical (unpaired) electrons. The van der Waals surface area contributed by atoms with Crippen LogP contribution < -0.4 is 5.32 Å². The molecule has 0 bridgehead atoms. The fourth-order valence-electron chi connectivity index (χ4n) is 3.03. The van der Waals surface area contributed by atoms with E-state index >= 15 is 0 Å². The first-order chi connectivity index (χ1) is 9.76. The lowest BCUT2D eigenvalue weighted by atomic mass is 9.80. The molecule has 0 saturated heterocycles. The number of fused-ring (bicyclic) bond motifs is 1. The minimum Gasteiger partial charge on any atom is -0.356 e. The van der Waals surface area contributed by atoms with Crippen molar-refractivity contribution >= 4 is 22.6 Å². The SMILES string of the molecule is CCC1CCC(C(=O)Nc2ccc3oncc3c2)CC1. The number of rotatable bonds is 3. The van der Waals surface area contributed by atoms with Crippen LogP contribution in [-0.4, -0.2) is 11.1 Å². The Hall–Kier alpha value is -1.84. The van der Waals surface area contributed by atoms with Gasteiger partial charge in [-0.25, -0.2) is 0 Å². The van der Waals surface area contributed by atoms with Crippen LogP contribution in [0.4, 0.5) is 5.69 Å². The predicted molar refractivity (Wildman–Crippen MR) is 78.4 cm³/mol. The van der Waals surface area contributed by atoms with Gasteiger partial charge in [-0.3, -0.25) is 4.79 Å². The van der Waals surface area contributed by atoms with Crippen LogP contribution in [0.15, 0.2) is 28.9 Å². The molecule has 4 nitrogen and oxygen atoms in total. The van der Waals surface area contributed by atoms with Gasteiger partial charge in [0, 0.05) is 17.0 Å². The summed E-state index contributed by atoms with van der Waals surface area (Å²) in [5.74, 6) is 1.12. The van der Waals surface area contributed by atoms with Crippen molar-refractivity contribution in [3.05, 3.63) is 24.4 Å². The van der Waals surface area contributed by atoms with Gasteiger partial charge in [-0.05, 0) is 49.8 Å². The van der Waals surface area contributed by atoms with Gasteiger partial charge in [-0.15, -0.1) is 0 Å². The number of hydrogen-bond donors (Lipinski definition) is 1. The van der Waals surface area contributed by atoms with Crippen molar-refractivity contribution in [1.29, 1.82) is 0 Å². The van der Waals surface area contributed by atoms with Crippen molar-refractivity contribution in [1.82, 2.24) is 5.16 Å². The topological polar surface area (TPSA) is 55.1 Å². The second-order valence-electron chi connectivity index (χ2n) is 5.69. The molecule has 0 unspecified atom stereocenters. The van der Waals surface area contributed by atoms with Crippen LogP contribution in [0.1, 0.15) is 39.0 Å². The first kappa shape index (κ1) is 13.2. The van der Waals surface area contributed by atoms with E-state index in [1.54, 1.807) is 6.20 Å². The van der Waals surface area contributed by atoms with E-state index in [0.29, 0.717) is 0 Å². The number of amides is 1. The molecule has 1 N–H and O–H groups in total. The summed E-state index contributed by atoms with van der Waals surface area (Å²) in [4.78, 5) is 12.3. The highest BCUT2D eigenvalue weighted by Gasteiger charge is 2.25. The monoisotopic (exact) mass is 272 g/mol. The molecule has 1 aromatic heterocycles. The number of hydrogen-bond acceptors (Lipinski definition) is 3. The molecular weight excluding hydrogens is 252 g/mol. The Labute approximate surface area is 118 Å². The lowest BCUT2D eigenvalue weighted by molar-refractivity contribution is -0.121. The van der Waals surface area contributed by atoms with E-state index in [2.05, 4.69) is 17.4 Å². The second-order valence-corrected chi connectivity index (χ2v) is 5.69. The first-order valence-corrected chi connectivity index (χ1v) is 7.41. The number of carbonyl (C=O) groups is 1. The van der Waals surface area contributed by atoms with Crippen LogP contribution in [0.5, 0.6) is 0 Å². The molecule has 3 rings (SSSR count). The summed E-state index contributed by atoms with van der Waals surface area (Å²) in [6.07, 6.45) is 7.29. The van der Waals surface area contributed by atoms with Crippen molar-refractivity contribution in [3.63, 3.8) is 0 Å². The number of nitrogens with zero attached hydrogens (tertiary/aromatic N) is 1. The largest absolute Gasteiger partial charge is 0.356 e. The Morgan fingerprint density at radius 1 is 1.35 bits per heavy atom. The first-order valence-electron chi connectivity index (χ1n) is 7.41. The maximum absolute atomic E-state index is 12.3. The molecule has 1 fully saturated rings. The molecule has 0 spiro atoms. The lowest BCUT2D eigenvalue weighted by Gasteiger charge is -2.26. The Bertz CT molecular complexity index is 597. The van der Waals surface area contributed by atoms with Gasteiger partial charge in [-0.2, -0.15) is 0 Å². The summed E-state index contributed by atoms with van der Waals surface area (Å²) in [5.41, 5.74) is 1.56. The Morgan fingerprint density at radius 2 is 2.15 bits per heavy atom. The summed E-state index contributed by atoms with van der Waals surface area (Å²) in [5, 5.41) is 7.67. The number of benzene rings is 1. The highest BCUT2D eigenvalue weighted by atomic mass is 16.5. The zero-order chi connectivity index (χ0) is 13.9. The maximum atomic E-state index is 12.3. The zero-order valence-corrected chi connectivity index (χ0v) is 11.8. The van der Waals surface area contributed by atoms with Crippen LogP contribution in [0.3, 0.4) is 0 Å². The Balaban J connectivity index is 1.63. The van der Waals surface area contributed by atoms with E-state index in [1.807, 2.05) is 18.2 Å². The molecule has 4 heteroatoms. The average Bonchev–Trinajstić information content (AvgIpc) is 2.95. The van der Waals surface area contributed by atoms with Gasteiger partial charge in [0.05, 0.1) is 6.20 Å². The molecule has 2 aromatic rings. The van der Waals surface area contributed by atoms with Gasteiger partial charge in [0.2, 0.25) is 5.91 Å². The highest BCUT2D eigenvalue weighted by molar-refractivity contribution is 5.94. The van der Waals surface area contributed by atoms with Crippen LogP contribution in [0.25, 0.3) is 11.0 Å². The summed E-state index contributed by atoms with van der Waals surface area (Å²) >= 11 is 0. The van der Waals surface area contributed by atoms with Gasteiger partial charge in [0.25, 0.3) is 0 Å². The third-order valence-corrected chi connectivity index (χ3v) is 4.42. The molecule has 1 heterocycles. The Kier molecular flexibility index (Phi) is 3.72. The molecule has 0 aliphatic heterocycles. The van der Waals surface area contributed by atoms with E-state index in [1.165, 1.54) is 19.3 Å². The second kappa shape index (κ2) is 5.65. The smallest absolute Gasteiger partial charge is 0.227 e. The fraction of sp³-hybridized carbons (Fsp3) is 0.500. The van der Waals surface area contributed by atoms with Gasteiger partial charge in [0.15, 0.2) is 5.58 Å². The maximum Gasteiger partial charge on any atom is 0.227 e. The molecule has 1 aliphatic rings. The van der Waals surface area contributed by atoms with Crippen molar-refractivity contribution in [2.24, 2.45) is 11.8 Å². The molecule has 1 aliphatic carbocycles. The van der Waals surface area contributed by atoms with Gasteiger partial charge >= 0.3 is 0 Å². The molecule has 20 heavy (non-hydrogen) atoms. The summed E-state index contributed by atoms with van der Waals surface area (Å²) < 4.78 is 5.06. The van der Waals surface area contributed by atoms with E-state index in [9.17, 15) is 4.79 Å². The van der Waals surface area contributed by atoms with E-state index in [-0.39, 0.29) is 11.8 Å². The lowest BCUT2D eigenvalue weighted by Crippen LogP contribution is -2.27. The highest BCUT2D eigenvalue weighted by Crippen LogP contribution is 2.31. The normalized spacial score (nSPS) is 22.9. The van der Waals surface area contributed by atoms with Crippen molar-refractivity contribution in [3.8, 4) is 0 Å². The third-order valence-electron chi connectivity index (χ3n) is 4.42. The van der Waals surface area contributed by atoms with Gasteiger partial charge in [-0.1, -0.05) is 18.5 Å². The molecule has 1 aromatic carbocycles. The van der Waals surface area contributed by atoms with Gasteiger partial charge < -0.3 is 9.84 Å². The third kappa shape index (κ3) is 2.69. The Morgan fingerprint density at radius 3 is 2.90 bits per heavy atom. The standard InChI is InChI=1S/C16H20N2O2/c1-2-11-3-5-12(6-4-11)16(19)18-14-7-8-15-13(9-14)10-17-20-15/h7-12H,2-6H2,1H3,(H,18,19).